The van der Waals surface area contributed by atoms with Crippen LogP contribution in [0.15, 0.2) is 22.9 Å². The first-order valence-corrected chi connectivity index (χ1v) is 7.17. The van der Waals surface area contributed by atoms with E-state index in [2.05, 4.69) is 16.0 Å². The van der Waals surface area contributed by atoms with Crippen molar-refractivity contribution in [3.8, 4) is 0 Å². The van der Waals surface area contributed by atoms with Crippen LogP contribution in [0.2, 0.25) is 0 Å². The van der Waals surface area contributed by atoms with Crippen LogP contribution in [0.4, 0.5) is 0 Å². The lowest BCUT2D eigenvalue weighted by Crippen LogP contribution is -2.35. The van der Waals surface area contributed by atoms with E-state index in [4.69, 9.17) is 0 Å². The molecular weight excluding hydrogens is 238 g/mol. The number of aromatic nitrogens is 2. The Morgan fingerprint density at radius 3 is 2.88 bits per heavy atom. The molecule has 0 aromatic carbocycles. The first kappa shape index (κ1) is 12.3. The molecule has 0 amide bonds. The van der Waals surface area contributed by atoms with Crippen LogP contribution in [0, 0.1) is 0 Å². The number of hydrogen-bond acceptors (Lipinski definition) is 3. The van der Waals surface area contributed by atoms with Crippen molar-refractivity contribution in [3.05, 3.63) is 23.7 Å². The summed E-state index contributed by atoms with van der Waals surface area (Å²) < 4.78 is 26.1. The number of aromatic amines is 1. The quantitative estimate of drug-likeness (QED) is 0.828. The monoisotopic (exact) mass is 255 g/mol. The van der Waals surface area contributed by atoms with Gasteiger partial charge in [0.15, 0.2) is 5.03 Å². The van der Waals surface area contributed by atoms with Crippen LogP contribution in [-0.2, 0) is 16.4 Å². The zero-order valence-corrected chi connectivity index (χ0v) is 10.9. The summed E-state index contributed by atoms with van der Waals surface area (Å²) in [6.45, 7) is 4.90. The molecule has 94 valence electrons. The number of rotatable bonds is 3. The topological polar surface area (TPSA) is 66.1 Å². The van der Waals surface area contributed by atoms with Crippen LogP contribution in [0.5, 0.6) is 0 Å². The van der Waals surface area contributed by atoms with Gasteiger partial charge in [0.25, 0.3) is 10.0 Å². The zero-order valence-electron chi connectivity index (χ0n) is 10.1. The summed E-state index contributed by atoms with van der Waals surface area (Å²) >= 11 is 0. The summed E-state index contributed by atoms with van der Waals surface area (Å²) in [5.41, 5.74) is 1.09. The SMILES string of the molecule is CCc1ncc(S(=O)(=O)N2CCC=C(C)C2)[nH]1. The van der Waals surface area contributed by atoms with Gasteiger partial charge in [0, 0.05) is 19.5 Å². The van der Waals surface area contributed by atoms with Crippen molar-refractivity contribution in [2.24, 2.45) is 0 Å². The van der Waals surface area contributed by atoms with Crippen LogP contribution in [-0.4, -0.2) is 35.8 Å². The van der Waals surface area contributed by atoms with Crippen LogP contribution in [0.3, 0.4) is 0 Å². The average Bonchev–Trinajstić information content (AvgIpc) is 2.78. The summed E-state index contributed by atoms with van der Waals surface area (Å²) in [5, 5.41) is 0.198. The standard InChI is InChI=1S/C11H17N3O2S/c1-3-10-12-7-11(13-10)17(15,16)14-6-4-5-9(2)8-14/h5,7H,3-4,6,8H2,1-2H3,(H,12,13). The Kier molecular flexibility index (Phi) is 3.35. The highest BCUT2D eigenvalue weighted by atomic mass is 32.2. The molecule has 0 aliphatic carbocycles. The van der Waals surface area contributed by atoms with E-state index in [1.165, 1.54) is 10.5 Å². The largest absolute Gasteiger partial charge is 0.332 e. The number of nitrogens with zero attached hydrogens (tertiary/aromatic N) is 2. The molecule has 1 aliphatic rings. The Balaban J connectivity index is 2.27. The van der Waals surface area contributed by atoms with E-state index in [-0.39, 0.29) is 5.03 Å². The Labute approximate surface area is 102 Å². The highest BCUT2D eigenvalue weighted by Crippen LogP contribution is 2.19. The number of nitrogens with one attached hydrogen (secondary N) is 1. The molecule has 0 unspecified atom stereocenters. The van der Waals surface area contributed by atoms with Gasteiger partial charge in [-0.05, 0) is 13.3 Å². The minimum absolute atomic E-state index is 0.198. The van der Waals surface area contributed by atoms with E-state index in [1.807, 2.05) is 13.8 Å². The fraction of sp³-hybridized carbons (Fsp3) is 0.545. The third kappa shape index (κ3) is 2.42. The lowest BCUT2D eigenvalue weighted by Gasteiger charge is -2.24. The predicted molar refractivity (Wildman–Crippen MR) is 65.1 cm³/mol. The molecule has 0 atom stereocenters. The molecular formula is C11H17N3O2S. The molecule has 1 N–H and O–H groups in total. The molecule has 6 heteroatoms. The first-order chi connectivity index (χ1) is 8.04. The van der Waals surface area contributed by atoms with Gasteiger partial charge in [-0.15, -0.1) is 0 Å². The van der Waals surface area contributed by atoms with Crippen molar-refractivity contribution >= 4 is 10.0 Å². The zero-order chi connectivity index (χ0) is 12.5. The van der Waals surface area contributed by atoms with E-state index < -0.39 is 10.0 Å². The molecule has 1 aromatic heterocycles. The molecule has 0 saturated carbocycles. The maximum absolute atomic E-state index is 12.3. The van der Waals surface area contributed by atoms with Gasteiger partial charge < -0.3 is 4.98 Å². The van der Waals surface area contributed by atoms with Crippen molar-refractivity contribution in [1.82, 2.24) is 14.3 Å². The molecule has 0 radical (unpaired) electrons. The van der Waals surface area contributed by atoms with Crippen LogP contribution in [0.25, 0.3) is 0 Å². The molecule has 1 aliphatic heterocycles. The highest BCUT2D eigenvalue weighted by molar-refractivity contribution is 7.89. The van der Waals surface area contributed by atoms with Gasteiger partial charge in [-0.2, -0.15) is 4.31 Å². The van der Waals surface area contributed by atoms with Crippen LogP contribution >= 0.6 is 0 Å². The van der Waals surface area contributed by atoms with Crippen molar-refractivity contribution in [2.45, 2.75) is 31.7 Å². The Hall–Kier alpha value is -1.14. The van der Waals surface area contributed by atoms with Crippen LogP contribution < -0.4 is 0 Å². The van der Waals surface area contributed by atoms with Crippen LogP contribution in [0.1, 0.15) is 26.1 Å². The second-order valence-corrected chi connectivity index (χ2v) is 6.13. The molecule has 2 heterocycles. The molecule has 0 saturated heterocycles. The lowest BCUT2D eigenvalue weighted by molar-refractivity contribution is 0.426. The van der Waals surface area contributed by atoms with Gasteiger partial charge >= 0.3 is 0 Å². The third-order valence-electron chi connectivity index (χ3n) is 2.85. The van der Waals surface area contributed by atoms with Gasteiger partial charge in [0.2, 0.25) is 0 Å². The van der Waals surface area contributed by atoms with Crippen molar-refractivity contribution in [2.75, 3.05) is 13.1 Å². The lowest BCUT2D eigenvalue weighted by atomic mass is 10.2. The highest BCUT2D eigenvalue weighted by Gasteiger charge is 2.27. The van der Waals surface area contributed by atoms with Crippen molar-refractivity contribution < 1.29 is 8.42 Å². The fourth-order valence-electron chi connectivity index (χ4n) is 1.88. The third-order valence-corrected chi connectivity index (χ3v) is 4.61. The van der Waals surface area contributed by atoms with Gasteiger partial charge in [0.05, 0.1) is 6.20 Å². The normalized spacial score (nSPS) is 18.1. The number of H-pyrrole nitrogens is 1. The maximum atomic E-state index is 12.3. The van der Waals surface area contributed by atoms with Crippen molar-refractivity contribution in [1.29, 1.82) is 0 Å². The summed E-state index contributed by atoms with van der Waals surface area (Å²) in [5.74, 6) is 0.702. The Bertz CT molecular complexity index is 531. The number of imidazole rings is 1. The minimum Gasteiger partial charge on any atom is -0.332 e. The van der Waals surface area contributed by atoms with Gasteiger partial charge in [-0.1, -0.05) is 18.6 Å². The van der Waals surface area contributed by atoms with Crippen molar-refractivity contribution in [3.63, 3.8) is 0 Å². The molecule has 0 bridgehead atoms. The Morgan fingerprint density at radius 1 is 1.53 bits per heavy atom. The predicted octanol–water partition coefficient (Wildman–Crippen LogP) is 1.31. The van der Waals surface area contributed by atoms with E-state index >= 15 is 0 Å². The van der Waals surface area contributed by atoms with Gasteiger partial charge in [0.1, 0.15) is 5.82 Å². The number of sulfonamides is 1. The molecule has 17 heavy (non-hydrogen) atoms. The minimum atomic E-state index is -3.41. The first-order valence-electron chi connectivity index (χ1n) is 5.73. The number of hydrogen-bond donors (Lipinski definition) is 1. The summed E-state index contributed by atoms with van der Waals surface area (Å²) in [6, 6.07) is 0. The molecule has 0 fully saturated rings. The molecule has 0 spiro atoms. The smallest absolute Gasteiger partial charge is 0.260 e. The summed E-state index contributed by atoms with van der Waals surface area (Å²) in [6.07, 6.45) is 4.96. The summed E-state index contributed by atoms with van der Waals surface area (Å²) in [4.78, 5) is 6.89. The molecule has 1 aromatic rings. The van der Waals surface area contributed by atoms with E-state index in [0.29, 0.717) is 25.3 Å². The average molecular weight is 255 g/mol. The van der Waals surface area contributed by atoms with Gasteiger partial charge in [-0.25, -0.2) is 13.4 Å². The second-order valence-electron chi connectivity index (χ2n) is 4.23. The number of aryl methyl sites for hydroxylation is 1. The molecule has 5 nitrogen and oxygen atoms in total. The fourth-order valence-corrected chi connectivity index (χ4v) is 3.31. The van der Waals surface area contributed by atoms with E-state index in [0.717, 1.165) is 12.0 Å². The Morgan fingerprint density at radius 2 is 2.29 bits per heavy atom. The maximum Gasteiger partial charge on any atom is 0.260 e. The van der Waals surface area contributed by atoms with E-state index in [9.17, 15) is 8.42 Å². The van der Waals surface area contributed by atoms with E-state index in [1.54, 1.807) is 0 Å². The summed E-state index contributed by atoms with van der Waals surface area (Å²) in [7, 11) is -3.41. The molecule has 2 rings (SSSR count). The van der Waals surface area contributed by atoms with Gasteiger partial charge in [-0.3, -0.25) is 0 Å². The second kappa shape index (κ2) is 4.62.